The molecular weight excluding hydrogens is 269 g/mol. The highest BCUT2D eigenvalue weighted by atomic mass is 19.1. The van der Waals surface area contributed by atoms with Gasteiger partial charge >= 0.3 is 0 Å². The number of ether oxygens (including phenoxy) is 1. The van der Waals surface area contributed by atoms with Gasteiger partial charge in [0.15, 0.2) is 0 Å². The first-order valence-corrected chi connectivity index (χ1v) is 7.22. The van der Waals surface area contributed by atoms with Crippen molar-refractivity contribution in [3.63, 3.8) is 0 Å². The fourth-order valence-corrected chi connectivity index (χ4v) is 3.01. The Labute approximate surface area is 123 Å². The summed E-state index contributed by atoms with van der Waals surface area (Å²) in [5.74, 6) is 0.827. The minimum Gasteiger partial charge on any atom is -0.497 e. The molecule has 1 saturated heterocycles. The maximum Gasteiger partial charge on any atom is 0.131 e. The van der Waals surface area contributed by atoms with Gasteiger partial charge in [0.05, 0.1) is 13.3 Å². The van der Waals surface area contributed by atoms with Crippen molar-refractivity contribution in [2.75, 3.05) is 20.2 Å². The monoisotopic (exact) mass is 289 g/mol. The highest BCUT2D eigenvalue weighted by Crippen LogP contribution is 2.29. The highest BCUT2D eigenvalue weighted by molar-refractivity contribution is 5.29. The second-order valence-corrected chi connectivity index (χ2v) is 5.64. The van der Waals surface area contributed by atoms with E-state index in [0.717, 1.165) is 25.1 Å². The molecule has 2 heterocycles. The lowest BCUT2D eigenvalue weighted by molar-refractivity contribution is 0.320. The van der Waals surface area contributed by atoms with Crippen molar-refractivity contribution in [3.05, 3.63) is 47.0 Å². The first-order valence-electron chi connectivity index (χ1n) is 7.22. The Kier molecular flexibility index (Phi) is 3.92. The summed E-state index contributed by atoms with van der Waals surface area (Å²) in [6.07, 6.45) is 2.95. The number of aryl methyl sites for hydroxylation is 1. The van der Waals surface area contributed by atoms with Crippen molar-refractivity contribution >= 4 is 0 Å². The highest BCUT2D eigenvalue weighted by Gasteiger charge is 2.26. The quantitative estimate of drug-likeness (QED) is 0.941. The number of H-pyrrole nitrogens is 1. The Balaban J connectivity index is 1.66. The Morgan fingerprint density at radius 3 is 3.00 bits per heavy atom. The number of aromatic amines is 1. The van der Waals surface area contributed by atoms with E-state index in [-0.39, 0.29) is 5.82 Å². The summed E-state index contributed by atoms with van der Waals surface area (Å²) in [6.45, 7) is 4.63. The summed E-state index contributed by atoms with van der Waals surface area (Å²) in [6, 6.07) is 5.07. The van der Waals surface area contributed by atoms with E-state index in [1.165, 1.54) is 17.3 Å². The molecule has 21 heavy (non-hydrogen) atoms. The largest absolute Gasteiger partial charge is 0.497 e. The molecular formula is C16H20FN3O. The zero-order valence-electron chi connectivity index (χ0n) is 12.4. The van der Waals surface area contributed by atoms with E-state index < -0.39 is 0 Å². The average Bonchev–Trinajstić information content (AvgIpc) is 3.09. The van der Waals surface area contributed by atoms with Crippen LogP contribution in [0.3, 0.4) is 0 Å². The van der Waals surface area contributed by atoms with E-state index in [1.54, 1.807) is 7.11 Å². The van der Waals surface area contributed by atoms with Crippen LogP contribution in [0.5, 0.6) is 5.75 Å². The zero-order valence-corrected chi connectivity index (χ0v) is 12.4. The van der Waals surface area contributed by atoms with Crippen LogP contribution in [0.15, 0.2) is 24.4 Å². The van der Waals surface area contributed by atoms with Gasteiger partial charge in [-0.25, -0.2) is 4.39 Å². The minimum absolute atomic E-state index is 0.199. The first kappa shape index (κ1) is 14.1. The van der Waals surface area contributed by atoms with Gasteiger partial charge in [0.25, 0.3) is 0 Å². The van der Waals surface area contributed by atoms with Gasteiger partial charge in [0.2, 0.25) is 0 Å². The molecule has 1 N–H and O–H groups in total. The van der Waals surface area contributed by atoms with Crippen LogP contribution in [0.1, 0.15) is 29.2 Å². The Bertz CT molecular complexity index is 626. The molecule has 1 fully saturated rings. The lowest BCUT2D eigenvalue weighted by atomic mass is 10.0. The summed E-state index contributed by atoms with van der Waals surface area (Å²) >= 11 is 0. The van der Waals surface area contributed by atoms with Gasteiger partial charge in [-0.15, -0.1) is 0 Å². The van der Waals surface area contributed by atoms with Gasteiger partial charge < -0.3 is 4.74 Å². The minimum atomic E-state index is -0.199. The van der Waals surface area contributed by atoms with Crippen LogP contribution in [-0.2, 0) is 6.54 Å². The second kappa shape index (κ2) is 5.85. The summed E-state index contributed by atoms with van der Waals surface area (Å²) in [5, 5.41) is 7.18. The van der Waals surface area contributed by atoms with Crippen LogP contribution in [0, 0.1) is 12.7 Å². The van der Waals surface area contributed by atoms with Crippen LogP contribution in [0.2, 0.25) is 0 Å². The molecule has 1 aliphatic rings. The van der Waals surface area contributed by atoms with Gasteiger partial charge in [0, 0.05) is 36.3 Å². The number of nitrogens with zero attached hydrogens (tertiary/aromatic N) is 2. The molecule has 0 saturated carbocycles. The second-order valence-electron chi connectivity index (χ2n) is 5.64. The zero-order chi connectivity index (χ0) is 14.8. The molecule has 1 atom stereocenters. The third kappa shape index (κ3) is 2.93. The van der Waals surface area contributed by atoms with E-state index in [1.807, 2.05) is 18.3 Å². The molecule has 112 valence electrons. The molecule has 0 spiro atoms. The lowest BCUT2D eigenvalue weighted by Crippen LogP contribution is -2.20. The topological polar surface area (TPSA) is 41.1 Å². The summed E-state index contributed by atoms with van der Waals surface area (Å²) in [4.78, 5) is 2.29. The Morgan fingerprint density at radius 1 is 1.48 bits per heavy atom. The molecule has 1 aromatic heterocycles. The fourth-order valence-electron chi connectivity index (χ4n) is 3.01. The number of hydrogen-bond donors (Lipinski definition) is 1. The molecule has 0 amide bonds. The number of likely N-dealkylation sites (tertiary alicyclic amines) is 1. The normalized spacial score (nSPS) is 19.1. The van der Waals surface area contributed by atoms with E-state index >= 15 is 0 Å². The van der Waals surface area contributed by atoms with E-state index in [2.05, 4.69) is 22.0 Å². The molecule has 0 bridgehead atoms. The first-order chi connectivity index (χ1) is 10.2. The molecule has 2 aromatic rings. The van der Waals surface area contributed by atoms with Gasteiger partial charge in [-0.1, -0.05) is 6.07 Å². The summed E-state index contributed by atoms with van der Waals surface area (Å²) in [5.41, 5.74) is 3.14. The van der Waals surface area contributed by atoms with Gasteiger partial charge in [-0.05, 0) is 31.5 Å². The smallest absolute Gasteiger partial charge is 0.131 e. The molecule has 3 rings (SSSR count). The number of benzene rings is 1. The van der Waals surface area contributed by atoms with Crippen LogP contribution in [-0.4, -0.2) is 35.3 Å². The molecule has 1 aromatic carbocycles. The molecule has 4 nitrogen and oxygen atoms in total. The molecule has 5 heteroatoms. The molecule has 1 aliphatic heterocycles. The van der Waals surface area contributed by atoms with Crippen molar-refractivity contribution in [1.29, 1.82) is 0 Å². The maximum atomic E-state index is 14.0. The predicted molar refractivity (Wildman–Crippen MR) is 78.9 cm³/mol. The van der Waals surface area contributed by atoms with Gasteiger partial charge in [0.1, 0.15) is 11.6 Å². The van der Waals surface area contributed by atoms with Crippen molar-refractivity contribution in [2.24, 2.45) is 0 Å². The van der Waals surface area contributed by atoms with Crippen molar-refractivity contribution in [1.82, 2.24) is 15.1 Å². The average molecular weight is 289 g/mol. The van der Waals surface area contributed by atoms with E-state index in [4.69, 9.17) is 4.74 Å². The standard InChI is InChI=1S/C16H20FN3O/c1-11-8-18-19-16(11)13-5-6-20(10-13)9-12-3-4-14(21-2)7-15(12)17/h3-4,7-8,13H,5-6,9-10H2,1-2H3,(H,18,19)/t13-/m0/s1. The maximum absolute atomic E-state index is 14.0. The lowest BCUT2D eigenvalue weighted by Gasteiger charge is -2.16. The predicted octanol–water partition coefficient (Wildman–Crippen LogP) is 2.86. The van der Waals surface area contributed by atoms with Crippen LogP contribution in [0.4, 0.5) is 4.39 Å². The van der Waals surface area contributed by atoms with Crippen molar-refractivity contribution in [2.45, 2.75) is 25.8 Å². The van der Waals surface area contributed by atoms with E-state index in [0.29, 0.717) is 18.2 Å². The Morgan fingerprint density at radius 2 is 2.33 bits per heavy atom. The van der Waals surface area contributed by atoms with Crippen molar-refractivity contribution in [3.8, 4) is 5.75 Å². The molecule has 0 unspecified atom stereocenters. The Hall–Kier alpha value is -1.88. The number of hydrogen-bond acceptors (Lipinski definition) is 3. The number of halogens is 1. The van der Waals surface area contributed by atoms with Crippen molar-refractivity contribution < 1.29 is 9.13 Å². The third-order valence-electron chi connectivity index (χ3n) is 4.20. The number of nitrogens with one attached hydrogen (secondary N) is 1. The summed E-state index contributed by atoms with van der Waals surface area (Å²) < 4.78 is 19.0. The summed E-state index contributed by atoms with van der Waals surface area (Å²) in [7, 11) is 1.55. The number of methoxy groups -OCH3 is 1. The van der Waals surface area contributed by atoms with Gasteiger partial charge in [-0.3, -0.25) is 10.00 Å². The van der Waals surface area contributed by atoms with Gasteiger partial charge in [-0.2, -0.15) is 5.10 Å². The van der Waals surface area contributed by atoms with Crippen LogP contribution in [0.25, 0.3) is 0 Å². The van der Waals surface area contributed by atoms with Crippen LogP contribution < -0.4 is 4.74 Å². The molecule has 0 radical (unpaired) electrons. The third-order valence-corrected chi connectivity index (χ3v) is 4.20. The van der Waals surface area contributed by atoms with E-state index in [9.17, 15) is 4.39 Å². The SMILES string of the molecule is COc1ccc(CN2CC[C@H](c3[nH]ncc3C)C2)c(F)c1. The number of rotatable bonds is 4. The number of aromatic nitrogens is 2. The molecule has 0 aliphatic carbocycles. The fraction of sp³-hybridized carbons (Fsp3) is 0.438. The van der Waals surface area contributed by atoms with Crippen LogP contribution >= 0.6 is 0 Å².